The van der Waals surface area contributed by atoms with Crippen molar-refractivity contribution in [2.45, 2.75) is 6.92 Å². The van der Waals surface area contributed by atoms with Gasteiger partial charge in [0.05, 0.1) is 19.9 Å². The molecule has 0 aliphatic heterocycles. The van der Waals surface area contributed by atoms with Crippen LogP contribution in [0.3, 0.4) is 0 Å². The van der Waals surface area contributed by atoms with Gasteiger partial charge < -0.3 is 14.8 Å². The topological polar surface area (TPSA) is 54.9 Å². The van der Waals surface area contributed by atoms with Crippen molar-refractivity contribution >= 4 is 23.5 Å². The molecule has 0 amide bonds. The molecule has 98 valence electrons. The lowest BCUT2D eigenvalue weighted by molar-refractivity contribution is 0.311. The zero-order chi connectivity index (χ0) is 13.4. The highest BCUT2D eigenvalue weighted by Gasteiger charge is 2.03. The summed E-state index contributed by atoms with van der Waals surface area (Å²) in [5.74, 6) is 1.40. The molecule has 0 bridgehead atoms. The van der Waals surface area contributed by atoms with Crippen molar-refractivity contribution in [2.24, 2.45) is 5.10 Å². The summed E-state index contributed by atoms with van der Waals surface area (Å²) in [7, 11) is 3.33. The van der Waals surface area contributed by atoms with Gasteiger partial charge in [-0.15, -0.1) is 0 Å². The zero-order valence-corrected chi connectivity index (χ0v) is 11.5. The van der Waals surface area contributed by atoms with E-state index in [1.54, 1.807) is 20.4 Å². The second-order valence-electron chi connectivity index (χ2n) is 3.29. The van der Waals surface area contributed by atoms with Crippen LogP contribution in [0.2, 0.25) is 0 Å². The van der Waals surface area contributed by atoms with Crippen LogP contribution in [0.15, 0.2) is 23.3 Å². The summed E-state index contributed by atoms with van der Waals surface area (Å²) >= 11 is 4.89. The van der Waals surface area contributed by atoms with Crippen molar-refractivity contribution in [3.8, 4) is 11.5 Å². The summed E-state index contributed by atoms with van der Waals surface area (Å²) in [6.45, 7) is 2.53. The highest BCUT2D eigenvalue weighted by molar-refractivity contribution is 7.80. The molecule has 0 fully saturated rings. The maximum absolute atomic E-state index is 5.43. The fourth-order valence-corrected chi connectivity index (χ4v) is 1.31. The van der Waals surface area contributed by atoms with E-state index < -0.39 is 0 Å². The Balaban J connectivity index is 2.75. The van der Waals surface area contributed by atoms with E-state index in [4.69, 9.17) is 21.7 Å². The average Bonchev–Trinajstić information content (AvgIpc) is 2.40. The number of methoxy groups -OCH3 is 1. The third-order valence-corrected chi connectivity index (χ3v) is 2.39. The van der Waals surface area contributed by atoms with Crippen molar-refractivity contribution in [1.29, 1.82) is 0 Å². The molecule has 0 saturated carbocycles. The normalized spacial score (nSPS) is 10.2. The molecule has 18 heavy (non-hydrogen) atoms. The van der Waals surface area contributed by atoms with E-state index in [0.29, 0.717) is 17.5 Å². The number of hydrazone groups is 1. The first-order valence-electron chi connectivity index (χ1n) is 5.52. The van der Waals surface area contributed by atoms with Crippen LogP contribution in [0, 0.1) is 0 Å². The minimum atomic E-state index is 0.462. The minimum absolute atomic E-state index is 0.462. The first-order chi connectivity index (χ1) is 8.71. The first-order valence-corrected chi connectivity index (χ1v) is 5.93. The van der Waals surface area contributed by atoms with Gasteiger partial charge in [-0.05, 0) is 42.9 Å². The monoisotopic (exact) mass is 267 g/mol. The average molecular weight is 267 g/mol. The van der Waals surface area contributed by atoms with Crippen LogP contribution in [-0.2, 0) is 0 Å². The van der Waals surface area contributed by atoms with Crippen LogP contribution >= 0.6 is 12.2 Å². The van der Waals surface area contributed by atoms with E-state index in [9.17, 15) is 0 Å². The quantitative estimate of drug-likeness (QED) is 0.481. The second-order valence-corrected chi connectivity index (χ2v) is 3.70. The number of ether oxygens (including phenoxy) is 2. The van der Waals surface area contributed by atoms with Crippen molar-refractivity contribution in [1.82, 2.24) is 10.7 Å². The summed E-state index contributed by atoms with van der Waals surface area (Å²) < 4.78 is 10.7. The Morgan fingerprint density at radius 2 is 2.22 bits per heavy atom. The maximum Gasteiger partial charge on any atom is 0.186 e. The van der Waals surface area contributed by atoms with Crippen LogP contribution in [0.4, 0.5) is 0 Å². The van der Waals surface area contributed by atoms with E-state index in [1.807, 2.05) is 25.1 Å². The van der Waals surface area contributed by atoms with Gasteiger partial charge in [0.2, 0.25) is 0 Å². The van der Waals surface area contributed by atoms with E-state index in [0.717, 1.165) is 11.3 Å². The lowest BCUT2D eigenvalue weighted by Crippen LogP contribution is -2.28. The Hall–Kier alpha value is -1.82. The fourth-order valence-electron chi connectivity index (χ4n) is 1.26. The summed E-state index contributed by atoms with van der Waals surface area (Å²) in [6, 6.07) is 5.58. The molecule has 0 saturated heterocycles. The number of nitrogens with zero attached hydrogens (tertiary/aromatic N) is 1. The van der Waals surface area contributed by atoms with Gasteiger partial charge in [0.15, 0.2) is 16.6 Å². The molecule has 1 aromatic rings. The van der Waals surface area contributed by atoms with E-state index in [1.165, 1.54) is 0 Å². The predicted octanol–water partition coefficient (Wildman–Crippen LogP) is 1.52. The van der Waals surface area contributed by atoms with Gasteiger partial charge in [0, 0.05) is 7.05 Å². The Labute approximate surface area is 112 Å². The molecule has 0 spiro atoms. The smallest absolute Gasteiger partial charge is 0.186 e. The first kappa shape index (κ1) is 14.2. The van der Waals surface area contributed by atoms with Crippen molar-refractivity contribution < 1.29 is 9.47 Å². The van der Waals surface area contributed by atoms with E-state index in [2.05, 4.69) is 15.8 Å². The molecule has 2 N–H and O–H groups in total. The van der Waals surface area contributed by atoms with Gasteiger partial charge in [0.25, 0.3) is 0 Å². The molecule has 0 aliphatic rings. The molecule has 1 rings (SSSR count). The lowest BCUT2D eigenvalue weighted by atomic mass is 10.2. The van der Waals surface area contributed by atoms with Crippen molar-refractivity contribution in [3.05, 3.63) is 23.8 Å². The summed E-state index contributed by atoms with van der Waals surface area (Å²) in [5, 5.41) is 7.21. The third-order valence-electron chi connectivity index (χ3n) is 2.09. The van der Waals surface area contributed by atoms with E-state index >= 15 is 0 Å². The van der Waals surface area contributed by atoms with Crippen molar-refractivity contribution in [2.75, 3.05) is 20.8 Å². The summed E-state index contributed by atoms with van der Waals surface area (Å²) in [4.78, 5) is 0. The van der Waals surface area contributed by atoms with Gasteiger partial charge in [-0.3, -0.25) is 5.43 Å². The van der Waals surface area contributed by atoms with Crippen LogP contribution in [0.25, 0.3) is 0 Å². The Morgan fingerprint density at radius 3 is 2.83 bits per heavy atom. The predicted molar refractivity (Wildman–Crippen MR) is 76.6 cm³/mol. The molecule has 6 heteroatoms. The highest BCUT2D eigenvalue weighted by atomic mass is 32.1. The fraction of sp³-hybridized carbons (Fsp3) is 0.333. The number of nitrogens with one attached hydrogen (secondary N) is 2. The molecule has 5 nitrogen and oxygen atoms in total. The number of rotatable bonds is 5. The molecule has 0 aromatic heterocycles. The van der Waals surface area contributed by atoms with Gasteiger partial charge in [0.1, 0.15) is 0 Å². The largest absolute Gasteiger partial charge is 0.493 e. The number of hydrogen-bond donors (Lipinski definition) is 2. The lowest BCUT2D eigenvalue weighted by Gasteiger charge is -2.09. The van der Waals surface area contributed by atoms with Crippen LogP contribution in [-0.4, -0.2) is 32.1 Å². The molecule has 0 unspecified atom stereocenters. The number of hydrogen-bond acceptors (Lipinski definition) is 4. The molecule has 0 heterocycles. The van der Waals surface area contributed by atoms with Crippen LogP contribution in [0.5, 0.6) is 11.5 Å². The molecule has 0 radical (unpaired) electrons. The van der Waals surface area contributed by atoms with Crippen LogP contribution in [0.1, 0.15) is 12.5 Å². The molecule has 0 aliphatic carbocycles. The molecule has 1 aromatic carbocycles. The Kier molecular flexibility index (Phi) is 5.93. The molecule has 0 atom stereocenters. The maximum atomic E-state index is 5.43. The summed E-state index contributed by atoms with van der Waals surface area (Å²) in [5.41, 5.74) is 3.57. The minimum Gasteiger partial charge on any atom is -0.493 e. The highest BCUT2D eigenvalue weighted by Crippen LogP contribution is 2.27. The number of thiocarbonyl (C=S) groups is 1. The second kappa shape index (κ2) is 7.50. The third kappa shape index (κ3) is 4.21. The molecular formula is C12H17N3O2S. The Morgan fingerprint density at radius 1 is 1.44 bits per heavy atom. The SMILES string of the molecule is CCOc1ccc(/C=N/NC(=S)NC)cc1OC. The molecular weight excluding hydrogens is 250 g/mol. The summed E-state index contributed by atoms with van der Waals surface area (Å²) in [6.07, 6.45) is 1.65. The van der Waals surface area contributed by atoms with Crippen LogP contribution < -0.4 is 20.2 Å². The standard InChI is InChI=1S/C12H17N3O2S/c1-4-17-10-6-5-9(7-11(10)16-3)8-14-15-12(18)13-2/h5-8H,4H2,1-3H3,(H2,13,15,18)/b14-8+. The van der Waals surface area contributed by atoms with Gasteiger partial charge in [-0.1, -0.05) is 0 Å². The van der Waals surface area contributed by atoms with Gasteiger partial charge >= 0.3 is 0 Å². The number of benzene rings is 1. The van der Waals surface area contributed by atoms with Crippen molar-refractivity contribution in [3.63, 3.8) is 0 Å². The Bertz CT molecular complexity index is 435. The van der Waals surface area contributed by atoms with E-state index in [-0.39, 0.29) is 0 Å². The van der Waals surface area contributed by atoms with Gasteiger partial charge in [-0.2, -0.15) is 5.10 Å². The zero-order valence-electron chi connectivity index (χ0n) is 10.7. The van der Waals surface area contributed by atoms with Gasteiger partial charge in [-0.25, -0.2) is 0 Å².